The van der Waals surface area contributed by atoms with Crippen molar-refractivity contribution in [2.24, 2.45) is 5.92 Å². The predicted molar refractivity (Wildman–Crippen MR) is 68.5 cm³/mol. The summed E-state index contributed by atoms with van der Waals surface area (Å²) in [4.78, 5) is 13.2. The molecule has 1 unspecified atom stereocenters. The molecular weight excluding hydrogens is 214 g/mol. The lowest BCUT2D eigenvalue weighted by atomic mass is 9.97. The molecule has 3 nitrogen and oxygen atoms in total. The number of hydrogen-bond donors (Lipinski definition) is 1. The van der Waals surface area contributed by atoms with Crippen LogP contribution in [0.1, 0.15) is 24.0 Å². The number of benzene rings is 1. The minimum atomic E-state index is -0.668. The van der Waals surface area contributed by atoms with E-state index in [1.807, 2.05) is 0 Å². The van der Waals surface area contributed by atoms with Crippen LogP contribution < -0.4 is 4.90 Å². The molecule has 1 atom stereocenters. The predicted octanol–water partition coefficient (Wildman–Crippen LogP) is 2.60. The van der Waals surface area contributed by atoms with Gasteiger partial charge in [0.1, 0.15) is 0 Å². The van der Waals surface area contributed by atoms with Gasteiger partial charge in [0.2, 0.25) is 0 Å². The Kier molecular flexibility index (Phi) is 3.36. The van der Waals surface area contributed by atoms with Gasteiger partial charge in [0.25, 0.3) is 0 Å². The number of piperidine rings is 1. The van der Waals surface area contributed by atoms with Gasteiger partial charge in [-0.05, 0) is 49.9 Å². The minimum Gasteiger partial charge on any atom is -0.481 e. The fraction of sp³-hybridized carbons (Fsp3) is 0.500. The van der Waals surface area contributed by atoms with Crippen molar-refractivity contribution in [1.82, 2.24) is 0 Å². The summed E-state index contributed by atoms with van der Waals surface area (Å²) in [5, 5.41) is 9.07. The third-order valence-corrected chi connectivity index (χ3v) is 3.63. The molecule has 92 valence electrons. The second kappa shape index (κ2) is 4.78. The molecule has 3 heteroatoms. The maximum Gasteiger partial charge on any atom is 0.308 e. The fourth-order valence-electron chi connectivity index (χ4n) is 2.34. The van der Waals surface area contributed by atoms with Crippen LogP contribution in [0.2, 0.25) is 0 Å². The van der Waals surface area contributed by atoms with Crippen LogP contribution in [0.15, 0.2) is 18.2 Å². The fourth-order valence-corrected chi connectivity index (χ4v) is 2.34. The standard InChI is InChI=1S/C14H19NO2/c1-10-5-6-13(8-11(10)2)15-7-3-4-12(9-15)14(16)17/h5-6,8,12H,3-4,7,9H2,1-2H3,(H,16,17). The minimum absolute atomic E-state index is 0.217. The van der Waals surface area contributed by atoms with E-state index in [1.54, 1.807) is 0 Å². The Bertz CT molecular complexity index is 428. The molecule has 1 saturated heterocycles. The van der Waals surface area contributed by atoms with Crippen molar-refractivity contribution in [3.63, 3.8) is 0 Å². The van der Waals surface area contributed by atoms with Crippen molar-refractivity contribution in [1.29, 1.82) is 0 Å². The summed E-state index contributed by atoms with van der Waals surface area (Å²) in [6.07, 6.45) is 1.76. The van der Waals surface area contributed by atoms with E-state index in [4.69, 9.17) is 5.11 Å². The van der Waals surface area contributed by atoms with Crippen LogP contribution in [0.5, 0.6) is 0 Å². The van der Waals surface area contributed by atoms with Crippen LogP contribution in [0.3, 0.4) is 0 Å². The van der Waals surface area contributed by atoms with Crippen LogP contribution in [-0.4, -0.2) is 24.2 Å². The molecule has 1 aliphatic heterocycles. The van der Waals surface area contributed by atoms with E-state index >= 15 is 0 Å². The number of rotatable bonds is 2. The monoisotopic (exact) mass is 233 g/mol. The largest absolute Gasteiger partial charge is 0.481 e. The molecule has 0 spiro atoms. The van der Waals surface area contributed by atoms with Gasteiger partial charge in [-0.25, -0.2) is 0 Å². The molecule has 1 N–H and O–H groups in total. The quantitative estimate of drug-likeness (QED) is 0.853. The van der Waals surface area contributed by atoms with Gasteiger partial charge in [-0.3, -0.25) is 4.79 Å². The zero-order valence-corrected chi connectivity index (χ0v) is 10.4. The average molecular weight is 233 g/mol. The van der Waals surface area contributed by atoms with Gasteiger partial charge in [0, 0.05) is 18.8 Å². The zero-order valence-electron chi connectivity index (χ0n) is 10.4. The van der Waals surface area contributed by atoms with E-state index in [1.165, 1.54) is 11.1 Å². The van der Waals surface area contributed by atoms with Crippen molar-refractivity contribution < 1.29 is 9.90 Å². The highest BCUT2D eigenvalue weighted by Crippen LogP contribution is 2.25. The summed E-state index contributed by atoms with van der Waals surface area (Å²) < 4.78 is 0. The smallest absolute Gasteiger partial charge is 0.308 e. The number of carbonyl (C=O) groups is 1. The molecule has 0 amide bonds. The molecule has 0 aromatic heterocycles. The zero-order chi connectivity index (χ0) is 12.4. The van der Waals surface area contributed by atoms with E-state index in [0.717, 1.165) is 25.1 Å². The van der Waals surface area contributed by atoms with Crippen LogP contribution in [0, 0.1) is 19.8 Å². The van der Waals surface area contributed by atoms with Crippen molar-refractivity contribution in [3.8, 4) is 0 Å². The third kappa shape index (κ3) is 2.60. The topological polar surface area (TPSA) is 40.5 Å². The van der Waals surface area contributed by atoms with Crippen LogP contribution >= 0.6 is 0 Å². The summed E-state index contributed by atoms with van der Waals surface area (Å²) in [5.41, 5.74) is 3.69. The van der Waals surface area contributed by atoms with Crippen molar-refractivity contribution in [2.45, 2.75) is 26.7 Å². The number of aliphatic carboxylic acids is 1. The van der Waals surface area contributed by atoms with Gasteiger partial charge in [0.05, 0.1) is 5.92 Å². The highest BCUT2D eigenvalue weighted by atomic mass is 16.4. The Balaban J connectivity index is 2.16. The SMILES string of the molecule is Cc1ccc(N2CCCC(C(=O)O)C2)cc1C. The average Bonchev–Trinajstić information content (AvgIpc) is 2.33. The number of carboxylic acid groups (broad SMARTS) is 1. The molecule has 2 rings (SSSR count). The lowest BCUT2D eigenvalue weighted by molar-refractivity contribution is -0.141. The van der Waals surface area contributed by atoms with E-state index in [0.29, 0.717) is 6.54 Å². The Hall–Kier alpha value is -1.51. The van der Waals surface area contributed by atoms with Gasteiger partial charge in [-0.15, -0.1) is 0 Å². The lowest BCUT2D eigenvalue weighted by Crippen LogP contribution is -2.38. The van der Waals surface area contributed by atoms with Gasteiger partial charge >= 0.3 is 5.97 Å². The molecule has 1 fully saturated rings. The highest BCUT2D eigenvalue weighted by Gasteiger charge is 2.25. The first-order valence-electron chi connectivity index (χ1n) is 6.13. The van der Waals surface area contributed by atoms with Gasteiger partial charge in [-0.1, -0.05) is 6.07 Å². The first-order valence-corrected chi connectivity index (χ1v) is 6.13. The van der Waals surface area contributed by atoms with Gasteiger partial charge < -0.3 is 10.0 Å². The van der Waals surface area contributed by atoms with Crippen LogP contribution in [-0.2, 0) is 4.79 Å². The maximum atomic E-state index is 11.0. The number of aryl methyl sites for hydroxylation is 2. The molecule has 0 radical (unpaired) electrons. The summed E-state index contributed by atoms with van der Waals surface area (Å²) in [7, 11) is 0. The molecule has 0 bridgehead atoms. The van der Waals surface area contributed by atoms with Crippen molar-refractivity contribution in [2.75, 3.05) is 18.0 Å². The lowest BCUT2D eigenvalue weighted by Gasteiger charge is -2.32. The molecular formula is C14H19NO2. The summed E-state index contributed by atoms with van der Waals surface area (Å²) in [5.74, 6) is -0.885. The van der Waals surface area contributed by atoms with Gasteiger partial charge in [0.15, 0.2) is 0 Å². The number of hydrogen-bond acceptors (Lipinski definition) is 2. The molecule has 1 aliphatic rings. The highest BCUT2D eigenvalue weighted by molar-refractivity contribution is 5.71. The molecule has 1 aromatic rings. The molecule has 0 saturated carbocycles. The van der Waals surface area contributed by atoms with Crippen LogP contribution in [0.4, 0.5) is 5.69 Å². The molecule has 1 heterocycles. The maximum absolute atomic E-state index is 11.0. The van der Waals surface area contributed by atoms with Crippen molar-refractivity contribution in [3.05, 3.63) is 29.3 Å². The second-order valence-corrected chi connectivity index (χ2v) is 4.89. The first kappa shape index (κ1) is 12.0. The third-order valence-electron chi connectivity index (χ3n) is 3.63. The number of anilines is 1. The Morgan fingerprint density at radius 2 is 2.12 bits per heavy atom. The molecule has 0 aliphatic carbocycles. The summed E-state index contributed by atoms with van der Waals surface area (Å²) in [6, 6.07) is 6.35. The second-order valence-electron chi connectivity index (χ2n) is 4.89. The summed E-state index contributed by atoms with van der Waals surface area (Å²) >= 11 is 0. The van der Waals surface area contributed by atoms with E-state index in [-0.39, 0.29) is 5.92 Å². The van der Waals surface area contributed by atoms with Crippen molar-refractivity contribution >= 4 is 11.7 Å². The normalized spacial score (nSPS) is 20.4. The molecule has 17 heavy (non-hydrogen) atoms. The summed E-state index contributed by atoms with van der Waals surface area (Å²) in [6.45, 7) is 5.79. The van der Waals surface area contributed by atoms with E-state index in [9.17, 15) is 4.79 Å². The Labute approximate surface area is 102 Å². The van der Waals surface area contributed by atoms with E-state index < -0.39 is 5.97 Å². The molecule has 1 aromatic carbocycles. The Morgan fingerprint density at radius 1 is 1.35 bits per heavy atom. The number of nitrogens with zero attached hydrogens (tertiary/aromatic N) is 1. The van der Waals surface area contributed by atoms with E-state index in [2.05, 4.69) is 36.9 Å². The number of carboxylic acids is 1. The van der Waals surface area contributed by atoms with Gasteiger partial charge in [-0.2, -0.15) is 0 Å². The Morgan fingerprint density at radius 3 is 2.76 bits per heavy atom. The van der Waals surface area contributed by atoms with Crippen LogP contribution in [0.25, 0.3) is 0 Å². The first-order chi connectivity index (χ1) is 8.08.